The molecule has 2 aromatic rings. The Balaban J connectivity index is 1.73. The first-order valence-electron chi connectivity index (χ1n) is 8.22. The van der Waals surface area contributed by atoms with Gasteiger partial charge in [0, 0.05) is 30.6 Å². The number of rotatable bonds is 4. The Morgan fingerprint density at radius 3 is 2.88 bits per heavy atom. The maximum Gasteiger partial charge on any atom is 0.336 e. The Morgan fingerprint density at radius 2 is 2.15 bits per heavy atom. The Morgan fingerprint density at radius 1 is 1.38 bits per heavy atom. The SMILES string of the molecule is Cc1cc(=O)oc2cc(OCC(=O)N3CCCC(C(=O)O)C3)c(Cl)cc12. The van der Waals surface area contributed by atoms with Crippen LogP contribution in [0.2, 0.25) is 5.02 Å². The predicted molar refractivity (Wildman–Crippen MR) is 94.7 cm³/mol. The molecule has 1 atom stereocenters. The highest BCUT2D eigenvalue weighted by atomic mass is 35.5. The first-order chi connectivity index (χ1) is 12.3. The van der Waals surface area contributed by atoms with Gasteiger partial charge in [0.25, 0.3) is 5.91 Å². The topological polar surface area (TPSA) is 97.0 Å². The fraction of sp³-hybridized carbons (Fsp3) is 0.389. The molecule has 1 unspecified atom stereocenters. The first kappa shape index (κ1) is 18.3. The van der Waals surface area contributed by atoms with Crippen LogP contribution >= 0.6 is 11.6 Å². The number of fused-ring (bicyclic) bond motifs is 1. The van der Waals surface area contributed by atoms with Gasteiger partial charge in [-0.3, -0.25) is 9.59 Å². The van der Waals surface area contributed by atoms with E-state index in [1.165, 1.54) is 17.0 Å². The van der Waals surface area contributed by atoms with Crippen molar-refractivity contribution in [1.29, 1.82) is 0 Å². The van der Waals surface area contributed by atoms with E-state index < -0.39 is 17.5 Å². The molecule has 1 fully saturated rings. The van der Waals surface area contributed by atoms with Crippen LogP contribution < -0.4 is 10.4 Å². The van der Waals surface area contributed by atoms with E-state index in [0.29, 0.717) is 35.4 Å². The largest absolute Gasteiger partial charge is 0.482 e. The second-order valence-corrected chi connectivity index (χ2v) is 6.74. The lowest BCUT2D eigenvalue weighted by Gasteiger charge is -2.30. The van der Waals surface area contributed by atoms with Crippen LogP contribution in [0.3, 0.4) is 0 Å². The minimum Gasteiger partial charge on any atom is -0.482 e. The van der Waals surface area contributed by atoms with E-state index in [1.807, 2.05) is 0 Å². The molecule has 1 aromatic carbocycles. The second-order valence-electron chi connectivity index (χ2n) is 6.33. The Kier molecular flexibility index (Phi) is 5.18. The smallest absolute Gasteiger partial charge is 0.336 e. The summed E-state index contributed by atoms with van der Waals surface area (Å²) >= 11 is 6.20. The highest BCUT2D eigenvalue weighted by Crippen LogP contribution is 2.31. The number of carbonyl (C=O) groups excluding carboxylic acids is 1. The molecule has 26 heavy (non-hydrogen) atoms. The van der Waals surface area contributed by atoms with Crippen LogP contribution in [0.5, 0.6) is 5.75 Å². The number of benzene rings is 1. The van der Waals surface area contributed by atoms with Gasteiger partial charge in [0.2, 0.25) is 0 Å². The van der Waals surface area contributed by atoms with E-state index in [-0.39, 0.29) is 24.8 Å². The van der Waals surface area contributed by atoms with Crippen LogP contribution in [0.4, 0.5) is 0 Å². The number of carboxylic acid groups (broad SMARTS) is 1. The number of ether oxygens (including phenoxy) is 1. The summed E-state index contributed by atoms with van der Waals surface area (Å²) in [5.74, 6) is -1.52. The van der Waals surface area contributed by atoms with Gasteiger partial charge in [0.05, 0.1) is 10.9 Å². The number of amides is 1. The molecule has 2 heterocycles. The maximum atomic E-state index is 12.3. The molecule has 1 N–H and O–H groups in total. The Hall–Kier alpha value is -2.54. The molecular weight excluding hydrogens is 362 g/mol. The van der Waals surface area contributed by atoms with Crippen molar-refractivity contribution in [3.8, 4) is 5.75 Å². The van der Waals surface area contributed by atoms with Crippen LogP contribution in [0.25, 0.3) is 11.0 Å². The van der Waals surface area contributed by atoms with Crippen molar-refractivity contribution in [2.45, 2.75) is 19.8 Å². The molecule has 138 valence electrons. The highest BCUT2D eigenvalue weighted by Gasteiger charge is 2.28. The standard InChI is InChI=1S/C18H18ClNO6/c1-10-5-17(22)26-14-7-15(13(19)6-12(10)14)25-9-16(21)20-4-2-3-11(8-20)18(23)24/h5-7,11H,2-4,8-9H2,1H3,(H,23,24). The lowest BCUT2D eigenvalue weighted by Crippen LogP contribution is -2.44. The minimum atomic E-state index is -0.897. The number of hydrogen-bond donors (Lipinski definition) is 1. The van der Waals surface area contributed by atoms with Gasteiger partial charge < -0.3 is 19.2 Å². The van der Waals surface area contributed by atoms with Gasteiger partial charge in [0.1, 0.15) is 11.3 Å². The molecular formula is C18H18ClNO6. The van der Waals surface area contributed by atoms with Crippen molar-refractivity contribution >= 4 is 34.4 Å². The Labute approximate surface area is 154 Å². The van der Waals surface area contributed by atoms with Crippen molar-refractivity contribution in [2.24, 2.45) is 5.92 Å². The zero-order valence-electron chi connectivity index (χ0n) is 14.2. The molecule has 1 amide bonds. The molecule has 3 rings (SSSR count). The fourth-order valence-corrected chi connectivity index (χ4v) is 3.28. The zero-order chi connectivity index (χ0) is 18.8. The van der Waals surface area contributed by atoms with Crippen molar-refractivity contribution in [2.75, 3.05) is 19.7 Å². The van der Waals surface area contributed by atoms with Gasteiger partial charge >= 0.3 is 11.6 Å². The van der Waals surface area contributed by atoms with Crippen molar-refractivity contribution in [3.05, 3.63) is 39.2 Å². The molecule has 0 bridgehead atoms. The predicted octanol–water partition coefficient (Wildman–Crippen LogP) is 2.46. The van der Waals surface area contributed by atoms with Crippen LogP contribution in [-0.4, -0.2) is 41.6 Å². The minimum absolute atomic E-state index is 0.178. The fourth-order valence-electron chi connectivity index (χ4n) is 3.07. The number of aliphatic carboxylic acids is 1. The number of hydrogen-bond acceptors (Lipinski definition) is 5. The normalized spacial score (nSPS) is 17.3. The van der Waals surface area contributed by atoms with Crippen LogP contribution in [0.15, 0.2) is 27.4 Å². The first-order valence-corrected chi connectivity index (χ1v) is 8.60. The van der Waals surface area contributed by atoms with E-state index in [0.717, 1.165) is 5.56 Å². The second kappa shape index (κ2) is 7.37. The monoisotopic (exact) mass is 379 g/mol. The maximum absolute atomic E-state index is 12.3. The average molecular weight is 380 g/mol. The third-order valence-electron chi connectivity index (χ3n) is 4.48. The lowest BCUT2D eigenvalue weighted by molar-refractivity contribution is -0.146. The van der Waals surface area contributed by atoms with Gasteiger partial charge in [-0.05, 0) is 31.4 Å². The van der Waals surface area contributed by atoms with Gasteiger partial charge in [-0.2, -0.15) is 0 Å². The molecule has 0 radical (unpaired) electrons. The number of halogens is 1. The van der Waals surface area contributed by atoms with Crippen molar-refractivity contribution in [3.63, 3.8) is 0 Å². The summed E-state index contributed by atoms with van der Waals surface area (Å²) in [5.41, 5.74) is 0.576. The number of nitrogens with zero attached hydrogens (tertiary/aromatic N) is 1. The van der Waals surface area contributed by atoms with E-state index in [1.54, 1.807) is 13.0 Å². The summed E-state index contributed by atoms with van der Waals surface area (Å²) in [4.78, 5) is 36.4. The Bertz CT molecular complexity index is 922. The molecule has 0 aliphatic carbocycles. The van der Waals surface area contributed by atoms with E-state index in [4.69, 9.17) is 25.9 Å². The van der Waals surface area contributed by atoms with Gasteiger partial charge in [-0.25, -0.2) is 4.79 Å². The zero-order valence-corrected chi connectivity index (χ0v) is 14.9. The lowest BCUT2D eigenvalue weighted by atomic mass is 9.98. The molecule has 8 heteroatoms. The number of carbonyl (C=O) groups is 2. The van der Waals surface area contributed by atoms with Crippen LogP contribution in [0, 0.1) is 12.8 Å². The summed E-state index contributed by atoms with van der Waals surface area (Å²) in [6.45, 7) is 2.19. The number of carboxylic acids is 1. The summed E-state index contributed by atoms with van der Waals surface area (Å²) in [5, 5.41) is 10.1. The number of likely N-dealkylation sites (tertiary alicyclic amines) is 1. The summed E-state index contributed by atoms with van der Waals surface area (Å²) in [6, 6.07) is 4.48. The van der Waals surface area contributed by atoms with E-state index >= 15 is 0 Å². The third kappa shape index (κ3) is 3.83. The van der Waals surface area contributed by atoms with Gasteiger partial charge in [0.15, 0.2) is 6.61 Å². The van der Waals surface area contributed by atoms with E-state index in [9.17, 15) is 14.4 Å². The van der Waals surface area contributed by atoms with Crippen molar-refractivity contribution in [1.82, 2.24) is 4.90 Å². The van der Waals surface area contributed by atoms with Crippen LogP contribution in [0.1, 0.15) is 18.4 Å². The quantitative estimate of drug-likeness (QED) is 0.819. The summed E-state index contributed by atoms with van der Waals surface area (Å²) in [7, 11) is 0. The molecule has 1 aromatic heterocycles. The van der Waals surface area contributed by atoms with Gasteiger partial charge in [-0.15, -0.1) is 0 Å². The molecule has 0 spiro atoms. The van der Waals surface area contributed by atoms with Crippen LogP contribution in [-0.2, 0) is 9.59 Å². The number of aryl methyl sites for hydroxylation is 1. The summed E-state index contributed by atoms with van der Waals surface area (Å²) in [6.07, 6.45) is 1.21. The molecule has 1 aliphatic heterocycles. The molecule has 1 saturated heterocycles. The molecule has 0 saturated carbocycles. The van der Waals surface area contributed by atoms with Crippen molar-refractivity contribution < 1.29 is 23.8 Å². The molecule has 7 nitrogen and oxygen atoms in total. The molecule has 1 aliphatic rings. The third-order valence-corrected chi connectivity index (χ3v) is 4.77. The van der Waals surface area contributed by atoms with Gasteiger partial charge in [-0.1, -0.05) is 11.6 Å². The number of piperidine rings is 1. The van der Waals surface area contributed by atoms with E-state index in [2.05, 4.69) is 0 Å². The average Bonchev–Trinajstić information content (AvgIpc) is 2.60. The highest BCUT2D eigenvalue weighted by molar-refractivity contribution is 6.32. The summed E-state index contributed by atoms with van der Waals surface area (Å²) < 4.78 is 10.6.